The molecule has 1 aromatic rings. The van der Waals surface area contributed by atoms with Crippen molar-refractivity contribution in [3.05, 3.63) is 28.3 Å². The maximum Gasteiger partial charge on any atom is 0.414 e. The van der Waals surface area contributed by atoms with Crippen LogP contribution in [0.1, 0.15) is 11.1 Å². The number of ether oxygens (including phenoxy) is 1. The average molecular weight is 265 g/mol. The van der Waals surface area contributed by atoms with Gasteiger partial charge in [-0.15, -0.1) is 0 Å². The molecule has 1 aromatic carbocycles. The van der Waals surface area contributed by atoms with Crippen LogP contribution >= 0.6 is 11.6 Å². The highest BCUT2D eigenvalue weighted by Crippen LogP contribution is 2.33. The first-order valence-corrected chi connectivity index (χ1v) is 6.01. The number of carbonyl (C=O) groups excluding carboxylic acids is 1. The van der Waals surface area contributed by atoms with Crippen LogP contribution in [-0.4, -0.2) is 19.2 Å². The van der Waals surface area contributed by atoms with Crippen molar-refractivity contribution in [2.24, 2.45) is 5.92 Å². The standard InChI is InChI=1S/C13H13ClN2O2/c1-8-3-9(2)12(11(14)4-8)16-6-10(5-15)7-18-13(16)17/h3-4,10H,6-7H2,1-2H3. The van der Waals surface area contributed by atoms with Gasteiger partial charge < -0.3 is 4.74 Å². The number of cyclic esters (lactones) is 1. The van der Waals surface area contributed by atoms with Crippen LogP contribution in [0.2, 0.25) is 5.02 Å². The van der Waals surface area contributed by atoms with Crippen molar-refractivity contribution < 1.29 is 9.53 Å². The molecule has 1 heterocycles. The van der Waals surface area contributed by atoms with Crippen molar-refractivity contribution in [3.63, 3.8) is 0 Å². The first-order valence-electron chi connectivity index (χ1n) is 5.63. The zero-order chi connectivity index (χ0) is 13.3. The SMILES string of the molecule is Cc1cc(C)c(N2CC(C#N)COC2=O)c(Cl)c1. The first-order chi connectivity index (χ1) is 8.52. The lowest BCUT2D eigenvalue weighted by atomic mass is 10.1. The fourth-order valence-electron chi connectivity index (χ4n) is 2.11. The Morgan fingerprint density at radius 3 is 2.83 bits per heavy atom. The van der Waals surface area contributed by atoms with Crippen LogP contribution < -0.4 is 4.90 Å². The molecule has 0 aliphatic carbocycles. The summed E-state index contributed by atoms with van der Waals surface area (Å²) in [5.74, 6) is -0.320. The van der Waals surface area contributed by atoms with Crippen LogP contribution in [0.3, 0.4) is 0 Å². The summed E-state index contributed by atoms with van der Waals surface area (Å²) in [7, 11) is 0. The van der Waals surface area contributed by atoms with Crippen molar-refractivity contribution >= 4 is 23.4 Å². The van der Waals surface area contributed by atoms with Gasteiger partial charge in [0.25, 0.3) is 0 Å². The Kier molecular flexibility index (Phi) is 3.44. The van der Waals surface area contributed by atoms with E-state index < -0.39 is 6.09 Å². The van der Waals surface area contributed by atoms with Gasteiger partial charge >= 0.3 is 6.09 Å². The van der Waals surface area contributed by atoms with Crippen molar-refractivity contribution in [2.45, 2.75) is 13.8 Å². The molecule has 5 heteroatoms. The molecule has 0 aromatic heterocycles. The van der Waals surface area contributed by atoms with Crippen LogP contribution in [0.5, 0.6) is 0 Å². The molecule has 94 valence electrons. The molecule has 1 saturated heterocycles. The molecule has 0 spiro atoms. The molecular weight excluding hydrogens is 252 g/mol. The van der Waals surface area contributed by atoms with Gasteiger partial charge in [0, 0.05) is 6.54 Å². The third-order valence-electron chi connectivity index (χ3n) is 2.88. The van der Waals surface area contributed by atoms with Gasteiger partial charge in [0.05, 0.1) is 22.7 Å². The van der Waals surface area contributed by atoms with Crippen LogP contribution in [0.25, 0.3) is 0 Å². The summed E-state index contributed by atoms with van der Waals surface area (Å²) in [5, 5.41) is 9.43. The highest BCUT2D eigenvalue weighted by Gasteiger charge is 2.30. The normalized spacial score (nSPS) is 19.3. The maximum absolute atomic E-state index is 11.8. The van der Waals surface area contributed by atoms with E-state index in [9.17, 15) is 4.79 Å². The van der Waals surface area contributed by atoms with E-state index >= 15 is 0 Å². The number of nitriles is 1. The summed E-state index contributed by atoms with van der Waals surface area (Å²) in [5.41, 5.74) is 2.56. The molecule has 1 amide bonds. The third-order valence-corrected chi connectivity index (χ3v) is 3.17. The largest absolute Gasteiger partial charge is 0.448 e. The zero-order valence-electron chi connectivity index (χ0n) is 10.2. The fourth-order valence-corrected chi connectivity index (χ4v) is 2.53. The van der Waals surface area contributed by atoms with Gasteiger partial charge in [-0.2, -0.15) is 5.26 Å². The van der Waals surface area contributed by atoms with Crippen LogP contribution in [0.4, 0.5) is 10.5 Å². The van der Waals surface area contributed by atoms with Crippen molar-refractivity contribution in [2.75, 3.05) is 18.1 Å². The summed E-state index contributed by atoms with van der Waals surface area (Å²) in [4.78, 5) is 13.2. The number of rotatable bonds is 1. The maximum atomic E-state index is 11.8. The summed E-state index contributed by atoms with van der Waals surface area (Å²) in [6, 6.07) is 5.86. The number of anilines is 1. The summed E-state index contributed by atoms with van der Waals surface area (Å²) in [6.45, 7) is 4.29. The molecule has 0 radical (unpaired) electrons. The van der Waals surface area contributed by atoms with E-state index in [4.69, 9.17) is 21.6 Å². The smallest absolute Gasteiger partial charge is 0.414 e. The van der Waals surface area contributed by atoms with Crippen molar-refractivity contribution in [3.8, 4) is 6.07 Å². The number of halogens is 1. The Labute approximate surface area is 111 Å². The number of aryl methyl sites for hydroxylation is 2. The van der Waals surface area contributed by atoms with E-state index in [2.05, 4.69) is 6.07 Å². The van der Waals surface area contributed by atoms with Gasteiger partial charge in [0.1, 0.15) is 6.61 Å². The number of hydrogen-bond acceptors (Lipinski definition) is 3. The number of amides is 1. The Bertz CT molecular complexity index is 513. The molecule has 0 saturated carbocycles. The van der Waals surface area contributed by atoms with Crippen LogP contribution in [-0.2, 0) is 4.74 Å². The topological polar surface area (TPSA) is 53.3 Å². The number of carbonyl (C=O) groups is 1. The minimum Gasteiger partial charge on any atom is -0.448 e. The minimum absolute atomic E-state index is 0.147. The predicted molar refractivity (Wildman–Crippen MR) is 68.7 cm³/mol. The third kappa shape index (κ3) is 2.27. The second-order valence-electron chi connectivity index (χ2n) is 4.43. The quantitative estimate of drug-likeness (QED) is 0.783. The Morgan fingerprint density at radius 2 is 2.22 bits per heavy atom. The Balaban J connectivity index is 2.41. The molecule has 1 aliphatic rings. The van der Waals surface area contributed by atoms with E-state index in [0.717, 1.165) is 11.1 Å². The van der Waals surface area contributed by atoms with Gasteiger partial charge in [0.2, 0.25) is 0 Å². The summed E-state index contributed by atoms with van der Waals surface area (Å²) in [6.07, 6.45) is -0.449. The zero-order valence-corrected chi connectivity index (χ0v) is 11.0. The Morgan fingerprint density at radius 1 is 1.50 bits per heavy atom. The van der Waals surface area contributed by atoms with E-state index in [1.54, 1.807) is 6.07 Å². The fraction of sp³-hybridized carbons (Fsp3) is 0.385. The highest BCUT2D eigenvalue weighted by atomic mass is 35.5. The first kappa shape index (κ1) is 12.7. The average Bonchev–Trinajstić information content (AvgIpc) is 2.30. The molecule has 18 heavy (non-hydrogen) atoms. The molecule has 0 bridgehead atoms. The molecule has 1 unspecified atom stereocenters. The van der Waals surface area contributed by atoms with Crippen molar-refractivity contribution in [1.29, 1.82) is 5.26 Å². The number of nitrogens with zero attached hydrogens (tertiary/aromatic N) is 2. The lowest BCUT2D eigenvalue weighted by Crippen LogP contribution is -2.43. The van der Waals surface area contributed by atoms with Crippen molar-refractivity contribution in [1.82, 2.24) is 0 Å². The van der Waals surface area contributed by atoms with Crippen LogP contribution in [0, 0.1) is 31.1 Å². The second-order valence-corrected chi connectivity index (χ2v) is 4.83. The van der Waals surface area contributed by atoms with E-state index in [1.807, 2.05) is 19.9 Å². The van der Waals surface area contributed by atoms with E-state index in [0.29, 0.717) is 17.3 Å². The minimum atomic E-state index is -0.449. The number of hydrogen-bond donors (Lipinski definition) is 0. The highest BCUT2D eigenvalue weighted by molar-refractivity contribution is 6.34. The van der Waals surface area contributed by atoms with Gasteiger partial charge in [-0.25, -0.2) is 4.79 Å². The molecule has 1 fully saturated rings. The predicted octanol–water partition coefficient (Wildman–Crippen LogP) is 3.05. The summed E-state index contributed by atoms with van der Waals surface area (Å²) < 4.78 is 4.99. The van der Waals surface area contributed by atoms with Gasteiger partial charge in [-0.1, -0.05) is 17.7 Å². The number of benzene rings is 1. The van der Waals surface area contributed by atoms with Gasteiger partial charge in [-0.3, -0.25) is 4.90 Å². The van der Waals surface area contributed by atoms with Gasteiger partial charge in [0.15, 0.2) is 0 Å². The molecule has 1 aliphatic heterocycles. The molecular formula is C13H13ClN2O2. The molecule has 1 atom stereocenters. The summed E-state index contributed by atoms with van der Waals surface area (Å²) >= 11 is 6.19. The van der Waals surface area contributed by atoms with E-state index in [-0.39, 0.29) is 12.5 Å². The molecule has 4 nitrogen and oxygen atoms in total. The van der Waals surface area contributed by atoms with Crippen LogP contribution in [0.15, 0.2) is 12.1 Å². The molecule has 2 rings (SSSR count). The lowest BCUT2D eigenvalue weighted by molar-refractivity contribution is 0.127. The lowest BCUT2D eigenvalue weighted by Gasteiger charge is -2.31. The Hall–Kier alpha value is -1.73. The monoisotopic (exact) mass is 264 g/mol. The molecule has 0 N–H and O–H groups in total. The van der Waals surface area contributed by atoms with Gasteiger partial charge in [-0.05, 0) is 31.0 Å². The second kappa shape index (κ2) is 4.87. The van der Waals surface area contributed by atoms with E-state index in [1.165, 1.54) is 4.90 Å².